The van der Waals surface area contributed by atoms with Gasteiger partial charge in [0.05, 0.1) is 11.9 Å². The van der Waals surface area contributed by atoms with E-state index in [0.29, 0.717) is 29.7 Å². The molecule has 8 heteroatoms. The molecule has 0 saturated heterocycles. The lowest BCUT2D eigenvalue weighted by Gasteiger charge is -2.23. The van der Waals surface area contributed by atoms with E-state index in [0.717, 1.165) is 10.6 Å². The summed E-state index contributed by atoms with van der Waals surface area (Å²) in [7, 11) is -1.97. The second kappa shape index (κ2) is 8.35. The number of sulfonamides is 1. The molecular weight excluding hydrogens is 360 g/mol. The fourth-order valence-corrected chi connectivity index (χ4v) is 3.15. The van der Waals surface area contributed by atoms with Gasteiger partial charge in [0.25, 0.3) is 0 Å². The number of benzene rings is 1. The van der Waals surface area contributed by atoms with Gasteiger partial charge in [-0.05, 0) is 34.5 Å². The number of carbonyl (C=O) groups excluding carboxylic acids is 1. The summed E-state index contributed by atoms with van der Waals surface area (Å²) in [6.45, 7) is 0.731. The number of nitrogens with zero attached hydrogens (tertiary/aromatic N) is 1. The highest BCUT2D eigenvalue weighted by Crippen LogP contribution is 2.27. The highest BCUT2D eigenvalue weighted by molar-refractivity contribution is 9.10. The van der Waals surface area contributed by atoms with Gasteiger partial charge in [0, 0.05) is 24.7 Å². The van der Waals surface area contributed by atoms with E-state index in [9.17, 15) is 13.2 Å². The number of halogens is 1. The number of rotatable bonds is 8. The summed E-state index contributed by atoms with van der Waals surface area (Å²) in [4.78, 5) is 11.9. The summed E-state index contributed by atoms with van der Waals surface area (Å²) < 4.78 is 30.4. The molecule has 0 spiro atoms. The van der Waals surface area contributed by atoms with Gasteiger partial charge in [-0.15, -0.1) is 0 Å². The topological polar surface area (TPSA) is 75.7 Å². The van der Waals surface area contributed by atoms with Crippen LogP contribution in [-0.2, 0) is 19.6 Å². The molecule has 0 aliphatic rings. The van der Waals surface area contributed by atoms with Gasteiger partial charge in [0.1, 0.15) is 6.54 Å². The zero-order valence-electron chi connectivity index (χ0n) is 12.0. The first-order valence-corrected chi connectivity index (χ1v) is 8.98. The summed E-state index contributed by atoms with van der Waals surface area (Å²) in [5.41, 5.74) is 0.437. The summed E-state index contributed by atoms with van der Waals surface area (Å²) in [6.07, 6.45) is 1.75. The average Bonchev–Trinajstić information content (AvgIpc) is 2.41. The highest BCUT2D eigenvalue weighted by atomic mass is 79.9. The molecule has 1 aromatic carbocycles. The largest absolute Gasteiger partial charge is 0.385 e. The summed E-state index contributed by atoms with van der Waals surface area (Å²) >= 11 is 3.30. The SMILES string of the molecule is COCCCNC(=O)CN(c1ccccc1Br)S(C)(=O)=O. The van der Waals surface area contributed by atoms with Crippen LogP contribution in [0.4, 0.5) is 5.69 Å². The molecule has 1 N–H and O–H groups in total. The van der Waals surface area contributed by atoms with E-state index in [4.69, 9.17) is 4.74 Å². The highest BCUT2D eigenvalue weighted by Gasteiger charge is 2.22. The predicted octanol–water partition coefficient (Wildman–Crippen LogP) is 1.37. The van der Waals surface area contributed by atoms with Crippen molar-refractivity contribution in [1.29, 1.82) is 0 Å². The normalized spacial score (nSPS) is 11.2. The number of hydrogen-bond donors (Lipinski definition) is 1. The Balaban J connectivity index is 2.78. The van der Waals surface area contributed by atoms with Crippen molar-refractivity contribution in [2.75, 3.05) is 37.4 Å². The van der Waals surface area contributed by atoms with E-state index in [1.807, 2.05) is 0 Å². The third kappa shape index (κ3) is 6.03. The minimum Gasteiger partial charge on any atom is -0.385 e. The Morgan fingerprint density at radius 2 is 2.05 bits per heavy atom. The summed E-state index contributed by atoms with van der Waals surface area (Å²) in [5, 5.41) is 2.67. The monoisotopic (exact) mass is 378 g/mol. The molecule has 0 aliphatic carbocycles. The number of para-hydroxylation sites is 1. The van der Waals surface area contributed by atoms with Crippen LogP contribution >= 0.6 is 15.9 Å². The van der Waals surface area contributed by atoms with Crippen LogP contribution in [0.25, 0.3) is 0 Å². The Morgan fingerprint density at radius 3 is 2.62 bits per heavy atom. The van der Waals surface area contributed by atoms with E-state index >= 15 is 0 Å². The Labute approximate surface area is 133 Å². The molecule has 0 aliphatic heterocycles. The minimum atomic E-state index is -3.55. The second-order valence-corrected chi connectivity index (χ2v) is 7.18. The maximum Gasteiger partial charge on any atom is 0.240 e. The molecule has 1 aromatic rings. The van der Waals surface area contributed by atoms with Crippen LogP contribution in [0.5, 0.6) is 0 Å². The fraction of sp³-hybridized carbons (Fsp3) is 0.462. The number of amides is 1. The first kappa shape index (κ1) is 17.9. The van der Waals surface area contributed by atoms with Gasteiger partial charge in [-0.2, -0.15) is 0 Å². The van der Waals surface area contributed by atoms with Crippen molar-refractivity contribution in [2.45, 2.75) is 6.42 Å². The lowest BCUT2D eigenvalue weighted by Crippen LogP contribution is -2.40. The Bertz CT molecular complexity index is 577. The van der Waals surface area contributed by atoms with Crippen molar-refractivity contribution in [3.63, 3.8) is 0 Å². The van der Waals surface area contributed by atoms with E-state index in [1.165, 1.54) is 0 Å². The van der Waals surface area contributed by atoms with Crippen LogP contribution in [-0.4, -0.2) is 47.4 Å². The Kier molecular flexibility index (Phi) is 7.13. The van der Waals surface area contributed by atoms with Crippen molar-refractivity contribution in [1.82, 2.24) is 5.32 Å². The quantitative estimate of drug-likeness (QED) is 0.693. The van der Waals surface area contributed by atoms with Crippen LogP contribution < -0.4 is 9.62 Å². The zero-order valence-corrected chi connectivity index (χ0v) is 14.4. The number of methoxy groups -OCH3 is 1. The smallest absolute Gasteiger partial charge is 0.240 e. The summed E-state index contributed by atoms with van der Waals surface area (Å²) in [6, 6.07) is 6.86. The third-order valence-electron chi connectivity index (χ3n) is 2.66. The summed E-state index contributed by atoms with van der Waals surface area (Å²) in [5.74, 6) is -0.354. The average molecular weight is 379 g/mol. The molecule has 0 aromatic heterocycles. The standard InChI is InChI=1S/C13H19BrN2O4S/c1-20-9-5-8-15-13(17)10-16(21(2,18)19)12-7-4-3-6-11(12)14/h3-4,6-7H,5,8-10H2,1-2H3,(H,15,17). The molecule has 118 valence electrons. The van der Waals surface area contributed by atoms with Crippen molar-refractivity contribution < 1.29 is 17.9 Å². The molecule has 0 radical (unpaired) electrons. The minimum absolute atomic E-state index is 0.256. The molecular formula is C13H19BrN2O4S. The van der Waals surface area contributed by atoms with Crippen LogP contribution in [0.3, 0.4) is 0 Å². The maximum atomic E-state index is 11.9. The molecule has 1 rings (SSSR count). The Hall–Kier alpha value is -1.12. The second-order valence-electron chi connectivity index (χ2n) is 4.42. The van der Waals surface area contributed by atoms with Crippen LogP contribution in [0.15, 0.2) is 28.7 Å². The maximum absolute atomic E-state index is 11.9. The third-order valence-corrected chi connectivity index (χ3v) is 4.45. The van der Waals surface area contributed by atoms with Gasteiger partial charge in [-0.1, -0.05) is 12.1 Å². The molecule has 0 bridgehead atoms. The fourth-order valence-electron chi connectivity index (χ4n) is 1.67. The molecule has 0 fully saturated rings. The number of carbonyl (C=O) groups is 1. The molecule has 0 saturated carbocycles. The number of hydrogen-bond acceptors (Lipinski definition) is 4. The van der Waals surface area contributed by atoms with Gasteiger partial charge in [-0.3, -0.25) is 9.10 Å². The van der Waals surface area contributed by atoms with Crippen LogP contribution in [0.2, 0.25) is 0 Å². The van der Waals surface area contributed by atoms with Crippen molar-refractivity contribution >= 4 is 37.5 Å². The van der Waals surface area contributed by atoms with Crippen molar-refractivity contribution in [3.8, 4) is 0 Å². The zero-order chi connectivity index (χ0) is 15.9. The molecule has 6 nitrogen and oxygen atoms in total. The van der Waals surface area contributed by atoms with E-state index in [1.54, 1.807) is 31.4 Å². The van der Waals surface area contributed by atoms with Gasteiger partial charge in [-0.25, -0.2) is 8.42 Å². The van der Waals surface area contributed by atoms with E-state index in [2.05, 4.69) is 21.2 Å². The Morgan fingerprint density at radius 1 is 1.38 bits per heavy atom. The van der Waals surface area contributed by atoms with Gasteiger partial charge < -0.3 is 10.1 Å². The van der Waals surface area contributed by atoms with E-state index < -0.39 is 10.0 Å². The van der Waals surface area contributed by atoms with Gasteiger partial charge in [0.2, 0.25) is 15.9 Å². The van der Waals surface area contributed by atoms with Crippen molar-refractivity contribution in [3.05, 3.63) is 28.7 Å². The van der Waals surface area contributed by atoms with Gasteiger partial charge in [0.15, 0.2) is 0 Å². The number of nitrogens with one attached hydrogen (secondary N) is 1. The number of anilines is 1. The predicted molar refractivity (Wildman–Crippen MR) is 85.8 cm³/mol. The molecule has 21 heavy (non-hydrogen) atoms. The lowest BCUT2D eigenvalue weighted by molar-refractivity contribution is -0.119. The van der Waals surface area contributed by atoms with Gasteiger partial charge >= 0.3 is 0 Å². The lowest BCUT2D eigenvalue weighted by atomic mass is 10.3. The van der Waals surface area contributed by atoms with Crippen LogP contribution in [0, 0.1) is 0 Å². The molecule has 1 amide bonds. The number of ether oxygens (including phenoxy) is 1. The molecule has 0 heterocycles. The molecule has 0 unspecified atom stereocenters. The van der Waals surface area contributed by atoms with Crippen molar-refractivity contribution in [2.24, 2.45) is 0 Å². The van der Waals surface area contributed by atoms with E-state index in [-0.39, 0.29) is 12.5 Å². The molecule has 0 atom stereocenters. The first-order chi connectivity index (χ1) is 9.86. The van der Waals surface area contributed by atoms with Crippen LogP contribution in [0.1, 0.15) is 6.42 Å². The first-order valence-electron chi connectivity index (χ1n) is 6.34.